The number of hydrogen-bond donors (Lipinski definition) is 1. The van der Waals surface area contributed by atoms with Gasteiger partial charge in [0.15, 0.2) is 0 Å². The van der Waals surface area contributed by atoms with Crippen molar-refractivity contribution in [1.82, 2.24) is 0 Å². The molecule has 1 aromatic carbocycles. The number of nitro benzene ring substituents is 1. The first kappa shape index (κ1) is 11.2. The summed E-state index contributed by atoms with van der Waals surface area (Å²) in [6, 6.07) is 3.98. The van der Waals surface area contributed by atoms with Crippen molar-refractivity contribution in [1.29, 1.82) is 0 Å². The van der Waals surface area contributed by atoms with Crippen molar-refractivity contribution in [2.45, 2.75) is 6.10 Å². The molecule has 0 fully saturated rings. The lowest BCUT2D eigenvalue weighted by atomic mass is 10.1. The molecule has 1 rings (SSSR count). The number of nitrogens with zero attached hydrogens (tertiary/aromatic N) is 1. The molecule has 4 nitrogen and oxygen atoms in total. The van der Waals surface area contributed by atoms with Crippen LogP contribution in [-0.2, 0) is 0 Å². The van der Waals surface area contributed by atoms with Crippen LogP contribution < -0.4 is 0 Å². The second-order valence-corrected chi connectivity index (χ2v) is 3.38. The second kappa shape index (κ2) is 4.59. The maximum absolute atomic E-state index is 10.6. The maximum Gasteiger partial charge on any atom is 0.275 e. The predicted octanol–water partition coefficient (Wildman–Crippen LogP) is 2.52. The Morgan fingerprint density at radius 3 is 2.71 bits per heavy atom. The van der Waals surface area contributed by atoms with Gasteiger partial charge in [0.25, 0.3) is 5.69 Å². The molecule has 0 aliphatic carbocycles. The molecule has 0 radical (unpaired) electrons. The Kier molecular flexibility index (Phi) is 3.69. The summed E-state index contributed by atoms with van der Waals surface area (Å²) in [6.07, 6.45) is -1.07. The summed E-state index contributed by atoms with van der Waals surface area (Å²) >= 11 is 11.0. The van der Waals surface area contributed by atoms with Gasteiger partial charge in [0.1, 0.15) is 0 Å². The number of aliphatic hydroxyl groups excluding tert-OH is 1. The minimum Gasteiger partial charge on any atom is -0.387 e. The molecule has 1 unspecified atom stereocenters. The second-order valence-electron chi connectivity index (χ2n) is 2.63. The maximum atomic E-state index is 10.6. The Bertz CT molecular complexity index is 356. The molecule has 0 aliphatic rings. The molecule has 0 aliphatic heterocycles. The number of halogens is 2. The molecule has 0 amide bonds. The largest absolute Gasteiger partial charge is 0.387 e. The number of aliphatic hydroxyl groups is 1. The molecule has 0 saturated heterocycles. The predicted molar refractivity (Wildman–Crippen MR) is 53.8 cm³/mol. The lowest BCUT2D eigenvalue weighted by Gasteiger charge is -2.07. The summed E-state index contributed by atoms with van der Waals surface area (Å²) in [5.41, 5.74) is -0.0416. The van der Waals surface area contributed by atoms with Gasteiger partial charge in [-0.05, 0) is 12.1 Å². The standard InChI is InChI=1S/C8H7Cl2NO3/c9-4-8(12)6-3-5(10)1-2-7(6)11(13)14/h1-3,8,12H,4H2. The van der Waals surface area contributed by atoms with E-state index in [1.54, 1.807) is 0 Å². The van der Waals surface area contributed by atoms with Gasteiger partial charge in [-0.15, -0.1) is 11.6 Å². The van der Waals surface area contributed by atoms with Crippen LogP contribution in [0.4, 0.5) is 5.69 Å². The van der Waals surface area contributed by atoms with Gasteiger partial charge in [-0.1, -0.05) is 11.6 Å². The van der Waals surface area contributed by atoms with Gasteiger partial charge >= 0.3 is 0 Å². The Balaban J connectivity index is 3.22. The molecule has 76 valence electrons. The molecule has 0 bridgehead atoms. The van der Waals surface area contributed by atoms with Crippen LogP contribution >= 0.6 is 23.2 Å². The van der Waals surface area contributed by atoms with Gasteiger partial charge in [0, 0.05) is 11.1 Å². The first-order valence-corrected chi connectivity index (χ1v) is 4.65. The van der Waals surface area contributed by atoms with E-state index in [2.05, 4.69) is 0 Å². The normalized spacial score (nSPS) is 12.5. The van der Waals surface area contributed by atoms with Crippen molar-refractivity contribution < 1.29 is 10.0 Å². The van der Waals surface area contributed by atoms with Gasteiger partial charge < -0.3 is 5.11 Å². The fraction of sp³-hybridized carbons (Fsp3) is 0.250. The van der Waals surface area contributed by atoms with Crippen molar-refractivity contribution in [3.63, 3.8) is 0 Å². The molecule has 0 spiro atoms. The summed E-state index contributed by atoms with van der Waals surface area (Å²) in [7, 11) is 0. The van der Waals surface area contributed by atoms with Crippen molar-refractivity contribution in [2.75, 3.05) is 5.88 Å². The van der Waals surface area contributed by atoms with Gasteiger partial charge in [0.2, 0.25) is 0 Å². The summed E-state index contributed by atoms with van der Waals surface area (Å²) < 4.78 is 0. The van der Waals surface area contributed by atoms with Crippen LogP contribution in [0.2, 0.25) is 5.02 Å². The zero-order valence-electron chi connectivity index (χ0n) is 6.98. The van der Waals surface area contributed by atoms with E-state index in [0.717, 1.165) is 0 Å². The third-order valence-corrected chi connectivity index (χ3v) is 2.22. The first-order chi connectivity index (χ1) is 6.56. The minimum absolute atomic E-state index is 0.110. The summed E-state index contributed by atoms with van der Waals surface area (Å²) in [6.45, 7) is 0. The third kappa shape index (κ3) is 2.35. The van der Waals surface area contributed by atoms with Crippen molar-refractivity contribution in [3.8, 4) is 0 Å². The van der Waals surface area contributed by atoms with E-state index in [-0.39, 0.29) is 17.1 Å². The topological polar surface area (TPSA) is 63.4 Å². The van der Waals surface area contributed by atoms with Gasteiger partial charge in [-0.2, -0.15) is 0 Å². The number of hydrogen-bond acceptors (Lipinski definition) is 3. The lowest BCUT2D eigenvalue weighted by molar-refractivity contribution is -0.386. The molecule has 14 heavy (non-hydrogen) atoms. The quantitative estimate of drug-likeness (QED) is 0.498. The highest BCUT2D eigenvalue weighted by Gasteiger charge is 2.19. The van der Waals surface area contributed by atoms with Crippen LogP contribution in [0.3, 0.4) is 0 Å². The molecular weight excluding hydrogens is 229 g/mol. The summed E-state index contributed by atoms with van der Waals surface area (Å²) in [5, 5.41) is 20.3. The third-order valence-electron chi connectivity index (χ3n) is 1.69. The Labute approximate surface area is 90.2 Å². The highest BCUT2D eigenvalue weighted by atomic mass is 35.5. The van der Waals surface area contributed by atoms with Crippen LogP contribution in [0.5, 0.6) is 0 Å². The number of alkyl halides is 1. The highest BCUT2D eigenvalue weighted by molar-refractivity contribution is 6.30. The Hall–Kier alpha value is -0.840. The molecule has 0 saturated carbocycles. The van der Waals surface area contributed by atoms with Crippen LogP contribution in [-0.4, -0.2) is 15.9 Å². The van der Waals surface area contributed by atoms with Crippen LogP contribution in [0.25, 0.3) is 0 Å². The molecule has 0 aromatic heterocycles. The SMILES string of the molecule is O=[N+]([O-])c1ccc(Cl)cc1C(O)CCl. The fourth-order valence-corrected chi connectivity index (χ4v) is 1.39. The Morgan fingerprint density at radius 2 is 2.21 bits per heavy atom. The van der Waals surface area contributed by atoms with E-state index in [0.29, 0.717) is 5.02 Å². The zero-order chi connectivity index (χ0) is 10.7. The lowest BCUT2D eigenvalue weighted by Crippen LogP contribution is -2.03. The average molecular weight is 236 g/mol. The summed E-state index contributed by atoms with van der Waals surface area (Å²) in [4.78, 5) is 9.98. The van der Waals surface area contributed by atoms with Gasteiger partial charge in [0.05, 0.1) is 22.5 Å². The molecule has 1 aromatic rings. The van der Waals surface area contributed by atoms with E-state index < -0.39 is 11.0 Å². The zero-order valence-corrected chi connectivity index (χ0v) is 8.50. The molecular formula is C8H7Cl2NO3. The Morgan fingerprint density at radius 1 is 1.57 bits per heavy atom. The van der Waals surface area contributed by atoms with E-state index >= 15 is 0 Å². The average Bonchev–Trinajstić information content (AvgIpc) is 2.16. The number of rotatable bonds is 3. The molecule has 0 heterocycles. The molecule has 1 atom stereocenters. The van der Waals surface area contributed by atoms with E-state index in [9.17, 15) is 15.2 Å². The number of benzene rings is 1. The molecule has 6 heteroatoms. The van der Waals surface area contributed by atoms with Gasteiger partial charge in [-0.25, -0.2) is 0 Å². The smallest absolute Gasteiger partial charge is 0.275 e. The van der Waals surface area contributed by atoms with E-state index in [4.69, 9.17) is 23.2 Å². The van der Waals surface area contributed by atoms with Crippen molar-refractivity contribution in [3.05, 3.63) is 38.9 Å². The molecule has 1 N–H and O–H groups in total. The van der Waals surface area contributed by atoms with E-state index in [1.807, 2.05) is 0 Å². The van der Waals surface area contributed by atoms with Crippen molar-refractivity contribution >= 4 is 28.9 Å². The van der Waals surface area contributed by atoms with Gasteiger partial charge in [-0.3, -0.25) is 10.1 Å². The first-order valence-electron chi connectivity index (χ1n) is 3.74. The minimum atomic E-state index is -1.07. The van der Waals surface area contributed by atoms with Crippen molar-refractivity contribution in [2.24, 2.45) is 0 Å². The fourth-order valence-electron chi connectivity index (χ4n) is 1.04. The van der Waals surface area contributed by atoms with Crippen LogP contribution in [0.15, 0.2) is 18.2 Å². The van der Waals surface area contributed by atoms with Crippen LogP contribution in [0.1, 0.15) is 11.7 Å². The monoisotopic (exact) mass is 235 g/mol. The van der Waals surface area contributed by atoms with Crippen LogP contribution in [0, 0.1) is 10.1 Å². The number of nitro groups is 1. The van der Waals surface area contributed by atoms with E-state index in [1.165, 1.54) is 18.2 Å². The highest BCUT2D eigenvalue weighted by Crippen LogP contribution is 2.28. The summed E-state index contributed by atoms with van der Waals surface area (Å²) in [5.74, 6) is -0.110.